The van der Waals surface area contributed by atoms with Crippen molar-refractivity contribution >= 4 is 5.95 Å². The fourth-order valence-electron chi connectivity index (χ4n) is 3.45. The van der Waals surface area contributed by atoms with Crippen LogP contribution in [0, 0.1) is 0 Å². The summed E-state index contributed by atoms with van der Waals surface area (Å²) >= 11 is 0. The number of rotatable bonds is 4. The largest absolute Gasteiger partial charge is 0.454 e. The molecule has 4 heterocycles. The van der Waals surface area contributed by atoms with Gasteiger partial charge in [-0.1, -0.05) is 5.16 Å². The zero-order valence-electron chi connectivity index (χ0n) is 15.3. The second kappa shape index (κ2) is 7.43. The van der Waals surface area contributed by atoms with Crippen molar-refractivity contribution in [1.29, 1.82) is 0 Å². The molecule has 9 nitrogen and oxygen atoms in total. The summed E-state index contributed by atoms with van der Waals surface area (Å²) in [6.07, 6.45) is 4.59. The van der Waals surface area contributed by atoms with Gasteiger partial charge in [-0.3, -0.25) is 4.90 Å². The fourth-order valence-corrected chi connectivity index (χ4v) is 3.45. The third-order valence-electron chi connectivity index (χ3n) is 4.88. The molecule has 2 aliphatic rings. The lowest BCUT2D eigenvalue weighted by Gasteiger charge is -2.20. The van der Waals surface area contributed by atoms with E-state index in [0.29, 0.717) is 24.0 Å². The third kappa shape index (κ3) is 3.48. The van der Waals surface area contributed by atoms with Gasteiger partial charge in [-0.2, -0.15) is 4.98 Å². The Labute approximate surface area is 161 Å². The molecule has 0 unspecified atom stereocenters. The Kier molecular flexibility index (Phi) is 4.50. The first kappa shape index (κ1) is 16.9. The van der Waals surface area contributed by atoms with E-state index in [1.54, 1.807) is 12.4 Å². The summed E-state index contributed by atoms with van der Waals surface area (Å²) in [7, 11) is 0. The van der Waals surface area contributed by atoms with Crippen molar-refractivity contribution in [2.24, 2.45) is 0 Å². The molecule has 0 N–H and O–H groups in total. The highest BCUT2D eigenvalue weighted by molar-refractivity contribution is 5.61. The minimum absolute atomic E-state index is 0.246. The summed E-state index contributed by atoms with van der Waals surface area (Å²) in [5.41, 5.74) is 0.850. The highest BCUT2D eigenvalue weighted by Crippen LogP contribution is 2.35. The van der Waals surface area contributed by atoms with Crippen LogP contribution in [0.2, 0.25) is 0 Å². The first-order chi connectivity index (χ1) is 13.8. The molecular weight excluding hydrogens is 360 g/mol. The van der Waals surface area contributed by atoms with Crippen LogP contribution in [0.1, 0.15) is 12.3 Å². The molecule has 0 amide bonds. The number of nitrogens with zero attached hydrogens (tertiary/aromatic N) is 6. The number of aromatic nitrogens is 4. The molecule has 1 aromatic carbocycles. The molecule has 0 saturated carbocycles. The molecule has 28 heavy (non-hydrogen) atoms. The fraction of sp³-hybridized carbons (Fsp3) is 0.368. The van der Waals surface area contributed by atoms with Gasteiger partial charge < -0.3 is 18.9 Å². The average molecular weight is 380 g/mol. The number of hydrogen-bond donors (Lipinski definition) is 0. The maximum atomic E-state index is 5.48. The summed E-state index contributed by atoms with van der Waals surface area (Å²) < 4.78 is 16.2. The van der Waals surface area contributed by atoms with Crippen LogP contribution in [0.25, 0.3) is 11.4 Å². The standard InChI is InChI=1S/C19H20N6O3/c1-5-20-19(21-6-1)25-8-2-7-24(9-10-25)12-17-22-18(23-28-17)14-3-4-15-16(11-14)27-13-26-15/h1,3-6,11H,2,7-10,12-13H2. The molecule has 1 saturated heterocycles. The van der Waals surface area contributed by atoms with Crippen LogP contribution in [0.3, 0.4) is 0 Å². The topological polar surface area (TPSA) is 89.6 Å². The van der Waals surface area contributed by atoms with Crippen molar-refractivity contribution in [3.05, 3.63) is 42.5 Å². The molecule has 0 radical (unpaired) electrons. The first-order valence-corrected chi connectivity index (χ1v) is 9.32. The van der Waals surface area contributed by atoms with Gasteiger partial charge in [0, 0.05) is 44.1 Å². The van der Waals surface area contributed by atoms with E-state index < -0.39 is 0 Å². The zero-order valence-corrected chi connectivity index (χ0v) is 15.3. The molecule has 2 aromatic heterocycles. The smallest absolute Gasteiger partial charge is 0.241 e. The quantitative estimate of drug-likeness (QED) is 0.674. The van der Waals surface area contributed by atoms with Crippen LogP contribution < -0.4 is 14.4 Å². The number of fused-ring (bicyclic) bond motifs is 1. The zero-order chi connectivity index (χ0) is 18.8. The van der Waals surface area contributed by atoms with Crippen LogP contribution in [0.4, 0.5) is 5.95 Å². The Morgan fingerprint density at radius 1 is 0.964 bits per heavy atom. The normalized spacial score (nSPS) is 16.9. The molecule has 144 valence electrons. The number of hydrogen-bond acceptors (Lipinski definition) is 9. The molecule has 0 bridgehead atoms. The average Bonchev–Trinajstić information content (AvgIpc) is 3.33. The monoisotopic (exact) mass is 380 g/mol. The molecule has 0 spiro atoms. The van der Waals surface area contributed by atoms with E-state index in [1.165, 1.54) is 0 Å². The Bertz CT molecular complexity index is 948. The lowest BCUT2D eigenvalue weighted by atomic mass is 10.2. The van der Waals surface area contributed by atoms with Crippen molar-refractivity contribution in [1.82, 2.24) is 25.0 Å². The SMILES string of the molecule is c1cnc(N2CCCN(Cc3nc(-c4ccc5c(c4)OCO5)no3)CC2)nc1. The number of benzene rings is 1. The van der Waals surface area contributed by atoms with Gasteiger partial charge >= 0.3 is 0 Å². The van der Waals surface area contributed by atoms with Crippen LogP contribution in [0.5, 0.6) is 11.5 Å². The Morgan fingerprint density at radius 2 is 1.86 bits per heavy atom. The van der Waals surface area contributed by atoms with E-state index in [4.69, 9.17) is 14.0 Å². The van der Waals surface area contributed by atoms with Crippen molar-refractivity contribution in [2.45, 2.75) is 13.0 Å². The lowest BCUT2D eigenvalue weighted by molar-refractivity contribution is 0.174. The molecule has 2 aliphatic heterocycles. The Balaban J connectivity index is 1.23. The Morgan fingerprint density at radius 3 is 2.79 bits per heavy atom. The van der Waals surface area contributed by atoms with Gasteiger partial charge in [0.15, 0.2) is 11.5 Å². The van der Waals surface area contributed by atoms with Gasteiger partial charge in [0.25, 0.3) is 0 Å². The van der Waals surface area contributed by atoms with Gasteiger partial charge in [0.2, 0.25) is 24.5 Å². The first-order valence-electron chi connectivity index (χ1n) is 9.32. The van der Waals surface area contributed by atoms with Crippen molar-refractivity contribution in [3.8, 4) is 22.9 Å². The van der Waals surface area contributed by atoms with E-state index in [-0.39, 0.29) is 6.79 Å². The van der Waals surface area contributed by atoms with E-state index >= 15 is 0 Å². The van der Waals surface area contributed by atoms with Crippen molar-refractivity contribution < 1.29 is 14.0 Å². The van der Waals surface area contributed by atoms with Crippen LogP contribution in [-0.2, 0) is 6.54 Å². The van der Waals surface area contributed by atoms with Crippen LogP contribution in [-0.4, -0.2) is 58.0 Å². The molecule has 1 fully saturated rings. The highest BCUT2D eigenvalue weighted by atomic mass is 16.7. The number of ether oxygens (including phenoxy) is 2. The third-order valence-corrected chi connectivity index (χ3v) is 4.88. The van der Waals surface area contributed by atoms with Crippen LogP contribution >= 0.6 is 0 Å². The molecule has 3 aromatic rings. The molecule has 0 aliphatic carbocycles. The van der Waals surface area contributed by atoms with Gasteiger partial charge in [0.05, 0.1) is 6.54 Å². The van der Waals surface area contributed by atoms with Gasteiger partial charge in [-0.15, -0.1) is 0 Å². The minimum Gasteiger partial charge on any atom is -0.454 e. The highest BCUT2D eigenvalue weighted by Gasteiger charge is 2.20. The van der Waals surface area contributed by atoms with E-state index in [1.807, 2.05) is 24.3 Å². The van der Waals surface area contributed by atoms with Crippen molar-refractivity contribution in [3.63, 3.8) is 0 Å². The second-order valence-electron chi connectivity index (χ2n) is 6.75. The summed E-state index contributed by atoms with van der Waals surface area (Å²) in [5.74, 6) is 3.40. The predicted octanol–water partition coefficient (Wildman–Crippen LogP) is 1.97. The number of anilines is 1. The summed E-state index contributed by atoms with van der Waals surface area (Å²) in [6, 6.07) is 7.48. The van der Waals surface area contributed by atoms with Gasteiger partial charge in [0.1, 0.15) is 0 Å². The predicted molar refractivity (Wildman–Crippen MR) is 100.0 cm³/mol. The molecule has 9 heteroatoms. The minimum atomic E-state index is 0.246. The molecular formula is C19H20N6O3. The van der Waals surface area contributed by atoms with E-state index in [2.05, 4.69) is 29.9 Å². The van der Waals surface area contributed by atoms with Crippen molar-refractivity contribution in [2.75, 3.05) is 37.9 Å². The molecule has 5 rings (SSSR count). The summed E-state index contributed by atoms with van der Waals surface area (Å²) in [6.45, 7) is 4.53. The van der Waals surface area contributed by atoms with Crippen LogP contribution in [0.15, 0.2) is 41.2 Å². The van der Waals surface area contributed by atoms with E-state index in [9.17, 15) is 0 Å². The Hall–Kier alpha value is -3.20. The summed E-state index contributed by atoms with van der Waals surface area (Å²) in [4.78, 5) is 17.8. The maximum Gasteiger partial charge on any atom is 0.241 e. The summed E-state index contributed by atoms with van der Waals surface area (Å²) in [5, 5.41) is 4.12. The van der Waals surface area contributed by atoms with E-state index in [0.717, 1.165) is 49.9 Å². The van der Waals surface area contributed by atoms with Gasteiger partial charge in [-0.25, -0.2) is 9.97 Å². The van der Waals surface area contributed by atoms with Gasteiger partial charge in [-0.05, 0) is 30.7 Å². The maximum absolute atomic E-state index is 5.48. The second-order valence-corrected chi connectivity index (χ2v) is 6.75. The molecule has 0 atom stereocenters. The lowest BCUT2D eigenvalue weighted by Crippen LogP contribution is -2.31.